The highest BCUT2D eigenvalue weighted by molar-refractivity contribution is 5.98. The van der Waals surface area contributed by atoms with Crippen LogP contribution in [0.3, 0.4) is 0 Å². The molecule has 0 aliphatic carbocycles. The number of aryl methyl sites for hydroxylation is 1. The number of anilines is 1. The van der Waals surface area contributed by atoms with Crippen molar-refractivity contribution in [2.24, 2.45) is 0 Å². The number of rotatable bonds is 2. The highest BCUT2D eigenvalue weighted by Crippen LogP contribution is 2.31. The van der Waals surface area contributed by atoms with Crippen molar-refractivity contribution in [2.45, 2.75) is 6.92 Å². The minimum atomic E-state index is 1.23. The highest BCUT2D eigenvalue weighted by Gasteiger charge is 2.05. The van der Waals surface area contributed by atoms with E-state index in [1.165, 1.54) is 33.2 Å². The molecule has 0 saturated carbocycles. The molecule has 0 aromatic heterocycles. The van der Waals surface area contributed by atoms with E-state index in [2.05, 4.69) is 86.6 Å². The average Bonchev–Trinajstić information content (AvgIpc) is 2.47. The van der Waals surface area contributed by atoms with Gasteiger partial charge in [-0.25, -0.2) is 0 Å². The van der Waals surface area contributed by atoms with Gasteiger partial charge in [-0.1, -0.05) is 48.5 Å². The summed E-state index contributed by atoms with van der Waals surface area (Å²) in [6.45, 7) is 2.17. The number of hydrogen-bond donors (Lipinski definition) is 0. The summed E-state index contributed by atoms with van der Waals surface area (Å²) in [5.74, 6) is 0. The summed E-state index contributed by atoms with van der Waals surface area (Å²) in [5, 5.41) is 2.66. The van der Waals surface area contributed by atoms with Gasteiger partial charge >= 0.3 is 0 Å². The molecule has 100 valence electrons. The van der Waals surface area contributed by atoms with Crippen molar-refractivity contribution in [1.29, 1.82) is 0 Å². The molecule has 0 fully saturated rings. The van der Waals surface area contributed by atoms with Gasteiger partial charge in [-0.3, -0.25) is 0 Å². The van der Waals surface area contributed by atoms with Gasteiger partial charge in [0.15, 0.2) is 0 Å². The summed E-state index contributed by atoms with van der Waals surface area (Å²) in [6.07, 6.45) is 0. The van der Waals surface area contributed by atoms with Crippen LogP contribution in [0.5, 0.6) is 0 Å². The van der Waals surface area contributed by atoms with Crippen molar-refractivity contribution >= 4 is 16.5 Å². The van der Waals surface area contributed by atoms with Crippen LogP contribution in [0.2, 0.25) is 0 Å². The highest BCUT2D eigenvalue weighted by atomic mass is 15.1. The maximum Gasteiger partial charge on any atom is 0.0361 e. The molecule has 3 aromatic carbocycles. The van der Waals surface area contributed by atoms with Gasteiger partial charge in [0, 0.05) is 19.8 Å². The molecule has 0 heterocycles. The van der Waals surface area contributed by atoms with E-state index in [0.29, 0.717) is 0 Å². The Morgan fingerprint density at radius 3 is 2.05 bits per heavy atom. The fourth-order valence-electron chi connectivity index (χ4n) is 2.66. The molecule has 0 aliphatic heterocycles. The van der Waals surface area contributed by atoms with Crippen LogP contribution in [0.1, 0.15) is 5.56 Å². The lowest BCUT2D eigenvalue weighted by atomic mass is 9.96. The third-order valence-corrected chi connectivity index (χ3v) is 3.83. The Bertz CT molecular complexity index is 739. The molecule has 0 spiro atoms. The molecule has 0 radical (unpaired) electrons. The van der Waals surface area contributed by atoms with Gasteiger partial charge in [-0.05, 0) is 46.5 Å². The summed E-state index contributed by atoms with van der Waals surface area (Å²) in [6, 6.07) is 21.8. The zero-order valence-electron chi connectivity index (χ0n) is 12.2. The van der Waals surface area contributed by atoms with Gasteiger partial charge in [0.1, 0.15) is 0 Å². The van der Waals surface area contributed by atoms with Gasteiger partial charge in [-0.2, -0.15) is 0 Å². The van der Waals surface area contributed by atoms with Crippen molar-refractivity contribution in [3.05, 3.63) is 66.2 Å². The zero-order chi connectivity index (χ0) is 14.1. The molecule has 3 aromatic rings. The second-order valence-corrected chi connectivity index (χ2v) is 5.42. The van der Waals surface area contributed by atoms with Crippen molar-refractivity contribution in [2.75, 3.05) is 19.0 Å². The normalized spacial score (nSPS) is 10.8. The van der Waals surface area contributed by atoms with Gasteiger partial charge in [0.2, 0.25) is 0 Å². The van der Waals surface area contributed by atoms with Gasteiger partial charge in [-0.15, -0.1) is 0 Å². The third kappa shape index (κ3) is 2.16. The van der Waals surface area contributed by atoms with Crippen LogP contribution >= 0.6 is 0 Å². The minimum Gasteiger partial charge on any atom is -0.378 e. The smallest absolute Gasteiger partial charge is 0.0361 e. The quantitative estimate of drug-likeness (QED) is 0.635. The molecule has 0 N–H and O–H groups in total. The summed E-state index contributed by atoms with van der Waals surface area (Å²) in [4.78, 5) is 2.12. The maximum absolute atomic E-state index is 2.21. The summed E-state index contributed by atoms with van der Waals surface area (Å²) < 4.78 is 0. The Kier molecular flexibility index (Phi) is 3.19. The second kappa shape index (κ2) is 5.01. The van der Waals surface area contributed by atoms with Crippen LogP contribution < -0.4 is 4.90 Å². The molecular formula is C19H19N. The Morgan fingerprint density at radius 1 is 0.700 bits per heavy atom. The number of hydrogen-bond acceptors (Lipinski definition) is 1. The fraction of sp³-hybridized carbons (Fsp3) is 0.158. The van der Waals surface area contributed by atoms with Crippen LogP contribution in [0.25, 0.3) is 21.9 Å². The molecule has 1 heteroatoms. The minimum absolute atomic E-state index is 1.23. The first-order valence-electron chi connectivity index (χ1n) is 6.93. The van der Waals surface area contributed by atoms with Crippen molar-refractivity contribution in [3.63, 3.8) is 0 Å². The van der Waals surface area contributed by atoms with E-state index >= 15 is 0 Å². The predicted octanol–water partition coefficient (Wildman–Crippen LogP) is 4.88. The molecule has 1 nitrogen and oxygen atoms in total. The standard InChI is InChI=1S/C19H19N/c1-14-6-4-9-19-17(14)7-5-8-18(19)15-10-12-16(13-11-15)20(2)3/h4-13H,1-3H3. The maximum atomic E-state index is 2.21. The monoisotopic (exact) mass is 261 g/mol. The summed E-state index contributed by atoms with van der Waals surface area (Å²) in [7, 11) is 4.13. The second-order valence-electron chi connectivity index (χ2n) is 5.42. The number of nitrogens with zero attached hydrogens (tertiary/aromatic N) is 1. The molecule has 0 saturated heterocycles. The van der Waals surface area contributed by atoms with E-state index in [1.807, 2.05) is 0 Å². The lowest BCUT2D eigenvalue weighted by Crippen LogP contribution is -2.07. The lowest BCUT2D eigenvalue weighted by Gasteiger charge is -2.14. The van der Waals surface area contributed by atoms with E-state index in [9.17, 15) is 0 Å². The number of benzene rings is 3. The van der Waals surface area contributed by atoms with E-state index in [0.717, 1.165) is 0 Å². The van der Waals surface area contributed by atoms with Gasteiger partial charge < -0.3 is 4.90 Å². The van der Waals surface area contributed by atoms with Crippen molar-refractivity contribution in [1.82, 2.24) is 0 Å². The molecule has 0 unspecified atom stereocenters. The molecule has 0 amide bonds. The van der Waals surface area contributed by atoms with Crippen LogP contribution in [-0.4, -0.2) is 14.1 Å². The molecule has 20 heavy (non-hydrogen) atoms. The van der Waals surface area contributed by atoms with Crippen LogP contribution in [0.4, 0.5) is 5.69 Å². The van der Waals surface area contributed by atoms with E-state index in [1.54, 1.807) is 0 Å². The Hall–Kier alpha value is -2.28. The zero-order valence-corrected chi connectivity index (χ0v) is 12.2. The summed E-state index contributed by atoms with van der Waals surface area (Å²) >= 11 is 0. The molecular weight excluding hydrogens is 242 g/mol. The van der Waals surface area contributed by atoms with E-state index in [-0.39, 0.29) is 0 Å². The first kappa shape index (κ1) is 12.7. The van der Waals surface area contributed by atoms with E-state index in [4.69, 9.17) is 0 Å². The van der Waals surface area contributed by atoms with Crippen LogP contribution in [-0.2, 0) is 0 Å². The Balaban J connectivity index is 2.17. The average molecular weight is 261 g/mol. The SMILES string of the molecule is Cc1cccc2c(-c3ccc(N(C)C)cc3)cccc12. The van der Waals surface area contributed by atoms with Gasteiger partial charge in [0.05, 0.1) is 0 Å². The first-order valence-corrected chi connectivity index (χ1v) is 6.93. The number of fused-ring (bicyclic) bond motifs is 1. The first-order chi connectivity index (χ1) is 9.66. The van der Waals surface area contributed by atoms with Gasteiger partial charge in [0.25, 0.3) is 0 Å². The largest absolute Gasteiger partial charge is 0.378 e. The Labute approximate surface area is 120 Å². The third-order valence-electron chi connectivity index (χ3n) is 3.83. The Morgan fingerprint density at radius 2 is 1.35 bits per heavy atom. The van der Waals surface area contributed by atoms with Crippen LogP contribution in [0, 0.1) is 6.92 Å². The molecule has 0 bridgehead atoms. The van der Waals surface area contributed by atoms with Crippen molar-refractivity contribution < 1.29 is 0 Å². The lowest BCUT2D eigenvalue weighted by molar-refractivity contribution is 1.13. The molecule has 0 aliphatic rings. The molecule has 0 atom stereocenters. The molecule has 3 rings (SSSR count). The van der Waals surface area contributed by atoms with Crippen molar-refractivity contribution in [3.8, 4) is 11.1 Å². The van der Waals surface area contributed by atoms with Crippen LogP contribution in [0.15, 0.2) is 60.7 Å². The van der Waals surface area contributed by atoms with E-state index < -0.39 is 0 Å². The predicted molar refractivity (Wildman–Crippen MR) is 88.4 cm³/mol. The summed E-state index contributed by atoms with van der Waals surface area (Å²) in [5.41, 5.74) is 5.13. The fourth-order valence-corrected chi connectivity index (χ4v) is 2.66. The topological polar surface area (TPSA) is 3.24 Å².